The number of Topliss-reactive ketones (excluding diaryl/α,β-unsaturated/α-hetero) is 1. The maximum absolute atomic E-state index is 14.0. The highest BCUT2D eigenvalue weighted by Gasteiger charge is 2.32. The van der Waals surface area contributed by atoms with E-state index in [4.69, 9.17) is 16.2 Å². The number of hydrogen-bond donors (Lipinski definition) is 5. The van der Waals surface area contributed by atoms with Gasteiger partial charge in [0, 0.05) is 25.2 Å². The highest BCUT2D eigenvalue weighted by Crippen LogP contribution is 2.18. The molecule has 0 aliphatic carbocycles. The largest absolute Gasteiger partial charge is 0.444 e. The van der Waals surface area contributed by atoms with E-state index in [1.54, 1.807) is 57.2 Å². The van der Waals surface area contributed by atoms with Crippen molar-refractivity contribution in [1.29, 1.82) is 0 Å². The van der Waals surface area contributed by atoms with E-state index in [0.29, 0.717) is 0 Å². The number of carbonyl (C=O) groups excluding carboxylic acids is 6. The van der Waals surface area contributed by atoms with Crippen LogP contribution in [0, 0.1) is 5.92 Å². The summed E-state index contributed by atoms with van der Waals surface area (Å²) < 4.78 is 5.42. The molecule has 0 radical (unpaired) electrons. The molecule has 0 aromatic heterocycles. The first-order chi connectivity index (χ1) is 23.7. The number of carbonyl (C=O) groups is 6. The van der Waals surface area contributed by atoms with Crippen LogP contribution in [0.5, 0.6) is 0 Å². The van der Waals surface area contributed by atoms with Gasteiger partial charge in [0.2, 0.25) is 23.6 Å². The Balaban J connectivity index is 1.87. The van der Waals surface area contributed by atoms with Gasteiger partial charge in [0.25, 0.3) is 0 Å². The van der Waals surface area contributed by atoms with Crippen molar-refractivity contribution in [2.24, 2.45) is 17.4 Å². The molecule has 3 aromatic carbocycles. The number of hydrogen-bond acceptors (Lipinski definition) is 7. The van der Waals surface area contributed by atoms with Crippen molar-refractivity contribution in [1.82, 2.24) is 16.0 Å². The predicted octanol–water partition coefficient (Wildman–Crippen LogP) is 2.90. The van der Waals surface area contributed by atoms with Gasteiger partial charge in [-0.15, -0.1) is 0 Å². The van der Waals surface area contributed by atoms with Crippen molar-refractivity contribution in [3.05, 3.63) is 108 Å². The van der Waals surface area contributed by atoms with Gasteiger partial charge in [0.15, 0.2) is 5.78 Å². The Hall–Kier alpha value is -5.52. The third kappa shape index (κ3) is 13.9. The Kier molecular flexibility index (Phi) is 14.7. The number of rotatable bonds is 18. The molecule has 50 heavy (non-hydrogen) atoms. The molecule has 266 valence electrons. The first-order valence-corrected chi connectivity index (χ1v) is 16.5. The molecule has 0 aliphatic rings. The standard InChI is InChI=1S/C38H47N5O7/c1-38(2,3)50-37(49)43-30(22-26-15-9-5-10-16-26)32(44)24-28(21-25-13-7-4-8-14-25)35(47)41-29(19-20-33(39)45)36(48)42-31(34(40)46)23-27-17-11-6-12-18-27/h4-18,28-31H,19-24H2,1-3H3,(H2,39,45)(H2,40,46)(H,41,47)(H,42,48)(H,43,49)/t28?,29?,30-,31-/m0/s1. The molecule has 0 aliphatic heterocycles. The minimum Gasteiger partial charge on any atom is -0.444 e. The fraction of sp³-hybridized carbons (Fsp3) is 0.368. The minimum atomic E-state index is -1.28. The van der Waals surface area contributed by atoms with E-state index in [2.05, 4.69) is 16.0 Å². The van der Waals surface area contributed by atoms with Crippen LogP contribution in [0.4, 0.5) is 4.79 Å². The summed E-state index contributed by atoms with van der Waals surface area (Å²) in [6.07, 6.45) is -1.08. The summed E-state index contributed by atoms with van der Waals surface area (Å²) in [6.45, 7) is 5.12. The third-order valence-corrected chi connectivity index (χ3v) is 7.76. The van der Waals surface area contributed by atoms with Crippen molar-refractivity contribution in [3.63, 3.8) is 0 Å². The number of primary amides is 2. The molecule has 4 atom stereocenters. The number of benzene rings is 3. The Bertz CT molecular complexity index is 1590. The number of nitrogens with two attached hydrogens (primary N) is 2. The molecule has 0 saturated heterocycles. The van der Waals surface area contributed by atoms with Crippen LogP contribution < -0.4 is 27.4 Å². The minimum absolute atomic E-state index is 0.108. The van der Waals surface area contributed by atoms with Gasteiger partial charge in [-0.1, -0.05) is 91.0 Å². The van der Waals surface area contributed by atoms with Crippen LogP contribution in [0.25, 0.3) is 0 Å². The molecular formula is C38H47N5O7. The van der Waals surface area contributed by atoms with Gasteiger partial charge in [0.1, 0.15) is 17.7 Å². The van der Waals surface area contributed by atoms with Gasteiger partial charge in [-0.05, 0) is 56.7 Å². The van der Waals surface area contributed by atoms with Crippen molar-refractivity contribution >= 4 is 35.5 Å². The van der Waals surface area contributed by atoms with Gasteiger partial charge in [-0.25, -0.2) is 4.79 Å². The van der Waals surface area contributed by atoms with Crippen LogP contribution in [0.2, 0.25) is 0 Å². The fourth-order valence-corrected chi connectivity index (χ4v) is 5.28. The van der Waals surface area contributed by atoms with E-state index in [-0.39, 0.29) is 38.5 Å². The lowest BCUT2D eigenvalue weighted by Gasteiger charge is -2.26. The summed E-state index contributed by atoms with van der Waals surface area (Å²) in [5.41, 5.74) is 12.5. The molecule has 0 heterocycles. The average Bonchev–Trinajstić information content (AvgIpc) is 3.06. The topological polar surface area (TPSA) is 200 Å². The van der Waals surface area contributed by atoms with E-state index >= 15 is 0 Å². The number of ether oxygens (including phenoxy) is 1. The molecule has 0 bridgehead atoms. The first kappa shape index (κ1) is 38.9. The van der Waals surface area contributed by atoms with Gasteiger partial charge < -0.3 is 32.2 Å². The summed E-state index contributed by atoms with van der Waals surface area (Å²) in [5, 5.41) is 7.96. The maximum atomic E-state index is 14.0. The van der Waals surface area contributed by atoms with E-state index in [9.17, 15) is 28.8 Å². The van der Waals surface area contributed by atoms with Crippen molar-refractivity contribution in [3.8, 4) is 0 Å². The number of nitrogens with one attached hydrogen (secondary N) is 3. The first-order valence-electron chi connectivity index (χ1n) is 16.5. The van der Waals surface area contributed by atoms with Crippen molar-refractivity contribution in [2.75, 3.05) is 0 Å². The zero-order valence-corrected chi connectivity index (χ0v) is 28.7. The molecule has 2 unspecified atom stereocenters. The molecule has 3 rings (SSSR count). The molecule has 0 spiro atoms. The molecule has 12 nitrogen and oxygen atoms in total. The maximum Gasteiger partial charge on any atom is 0.408 e. The summed E-state index contributed by atoms with van der Waals surface area (Å²) >= 11 is 0. The molecule has 3 aromatic rings. The zero-order chi connectivity index (χ0) is 36.7. The summed E-state index contributed by atoms with van der Waals surface area (Å²) in [5.74, 6) is -4.26. The Morgan fingerprint density at radius 1 is 0.620 bits per heavy atom. The lowest BCUT2D eigenvalue weighted by Crippen LogP contribution is -2.55. The van der Waals surface area contributed by atoms with Gasteiger partial charge in [0.05, 0.1) is 6.04 Å². The molecular weight excluding hydrogens is 638 g/mol. The lowest BCUT2D eigenvalue weighted by atomic mass is 9.89. The number of amides is 5. The molecule has 0 fully saturated rings. The normalized spacial score (nSPS) is 13.5. The van der Waals surface area contributed by atoms with Crippen molar-refractivity contribution < 1.29 is 33.5 Å². The second kappa shape index (κ2) is 18.9. The molecule has 12 heteroatoms. The van der Waals surface area contributed by atoms with Crippen LogP contribution in [0.1, 0.15) is 56.7 Å². The molecule has 5 amide bonds. The average molecular weight is 686 g/mol. The SMILES string of the molecule is CC(C)(C)OC(=O)N[C@@H](Cc1ccccc1)C(=O)CC(Cc1ccccc1)C(=O)NC(CCC(N)=O)C(=O)N[C@@H](Cc1ccccc1)C(N)=O. The number of alkyl carbamates (subject to hydrolysis) is 1. The Labute approximate surface area is 292 Å². The highest BCUT2D eigenvalue weighted by atomic mass is 16.6. The summed E-state index contributed by atoms with van der Waals surface area (Å²) in [7, 11) is 0. The molecule has 0 saturated carbocycles. The van der Waals surface area contributed by atoms with Gasteiger partial charge in [-0.2, -0.15) is 0 Å². The highest BCUT2D eigenvalue weighted by molar-refractivity contribution is 5.95. The van der Waals surface area contributed by atoms with Gasteiger partial charge >= 0.3 is 6.09 Å². The summed E-state index contributed by atoms with van der Waals surface area (Å²) in [4.78, 5) is 78.3. The van der Waals surface area contributed by atoms with E-state index < -0.39 is 65.1 Å². The second-order valence-corrected chi connectivity index (χ2v) is 13.2. The summed E-state index contributed by atoms with van der Waals surface area (Å²) in [6, 6.07) is 23.7. The van der Waals surface area contributed by atoms with Crippen LogP contribution in [0.3, 0.4) is 0 Å². The molecule has 7 N–H and O–H groups in total. The van der Waals surface area contributed by atoms with Gasteiger partial charge in [-0.3, -0.25) is 24.0 Å². The Morgan fingerprint density at radius 3 is 1.54 bits per heavy atom. The number of ketones is 1. The van der Waals surface area contributed by atoms with E-state index in [1.807, 2.05) is 54.6 Å². The van der Waals surface area contributed by atoms with Crippen LogP contribution in [0.15, 0.2) is 91.0 Å². The predicted molar refractivity (Wildman–Crippen MR) is 188 cm³/mol. The van der Waals surface area contributed by atoms with E-state index in [0.717, 1.165) is 16.7 Å². The third-order valence-electron chi connectivity index (χ3n) is 7.76. The van der Waals surface area contributed by atoms with Crippen molar-refractivity contribution in [2.45, 2.75) is 83.0 Å². The smallest absolute Gasteiger partial charge is 0.408 e. The Morgan fingerprint density at radius 2 is 1.08 bits per heavy atom. The van der Waals surface area contributed by atoms with Crippen LogP contribution >= 0.6 is 0 Å². The van der Waals surface area contributed by atoms with Crippen LogP contribution in [-0.4, -0.2) is 59.2 Å². The fourth-order valence-electron chi connectivity index (χ4n) is 5.28. The lowest BCUT2D eigenvalue weighted by molar-refractivity contribution is -0.134. The monoisotopic (exact) mass is 685 g/mol. The van der Waals surface area contributed by atoms with E-state index in [1.165, 1.54) is 0 Å². The second-order valence-electron chi connectivity index (χ2n) is 13.2. The quantitative estimate of drug-likeness (QED) is 0.136. The van der Waals surface area contributed by atoms with Crippen LogP contribution in [-0.2, 0) is 48.0 Å². The zero-order valence-electron chi connectivity index (χ0n) is 28.7.